The largest absolute Gasteiger partial charge is 0.417 e. The summed E-state index contributed by atoms with van der Waals surface area (Å²) in [4.78, 5) is 16.0. The van der Waals surface area contributed by atoms with E-state index in [1.807, 2.05) is 0 Å². The fourth-order valence-electron chi connectivity index (χ4n) is 4.02. The van der Waals surface area contributed by atoms with Crippen LogP contribution >= 0.6 is 0 Å². The molecule has 0 aliphatic carbocycles. The van der Waals surface area contributed by atoms with Gasteiger partial charge in [-0.05, 0) is 55.3 Å². The van der Waals surface area contributed by atoms with Crippen molar-refractivity contribution in [2.45, 2.75) is 39.7 Å². The van der Waals surface area contributed by atoms with Gasteiger partial charge in [0, 0.05) is 31.5 Å². The maximum atomic E-state index is 13.7. The van der Waals surface area contributed by atoms with Crippen molar-refractivity contribution in [2.75, 3.05) is 13.1 Å². The van der Waals surface area contributed by atoms with E-state index in [1.165, 1.54) is 41.6 Å². The van der Waals surface area contributed by atoms with Crippen LogP contribution in [0.4, 0.5) is 13.2 Å². The second-order valence-electron chi connectivity index (χ2n) is 8.40. The lowest BCUT2D eigenvalue weighted by Gasteiger charge is -2.32. The van der Waals surface area contributed by atoms with Crippen LogP contribution in [0.2, 0.25) is 0 Å². The lowest BCUT2D eigenvalue weighted by Crippen LogP contribution is -2.46. The van der Waals surface area contributed by atoms with Crippen LogP contribution in [0.1, 0.15) is 28.8 Å². The predicted octanol–water partition coefficient (Wildman–Crippen LogP) is 3.52. The molecule has 4 rings (SSSR count). The molecule has 0 spiro atoms. The SMILES string of the molecule is O=C(c1cccnc1)N1CCC(NS(=O)(=O)c2cc(S(=O)(=O)c3ccccc3)ccc2C(F)(F)F)CC1. The molecular weight excluding hydrogens is 531 g/mol. The molecule has 1 N–H and O–H groups in total. The van der Waals surface area contributed by atoms with E-state index in [0.717, 1.165) is 6.07 Å². The number of alkyl halides is 3. The highest BCUT2D eigenvalue weighted by Gasteiger charge is 2.39. The number of hydrogen-bond donors (Lipinski definition) is 1. The van der Waals surface area contributed by atoms with Crippen LogP contribution < -0.4 is 4.72 Å². The summed E-state index contributed by atoms with van der Waals surface area (Å²) in [6.07, 6.45) is -1.79. The normalized spacial score (nSPS) is 15.5. The highest BCUT2D eigenvalue weighted by molar-refractivity contribution is 7.91. The Labute approximate surface area is 212 Å². The number of sulfone groups is 1. The van der Waals surface area contributed by atoms with E-state index >= 15 is 0 Å². The fourth-order valence-corrected chi connectivity index (χ4v) is 6.96. The van der Waals surface area contributed by atoms with Gasteiger partial charge in [0.05, 0.1) is 25.8 Å². The van der Waals surface area contributed by atoms with Gasteiger partial charge in [-0.15, -0.1) is 0 Å². The van der Waals surface area contributed by atoms with Crippen molar-refractivity contribution >= 4 is 25.8 Å². The zero-order valence-electron chi connectivity index (χ0n) is 19.2. The topological polar surface area (TPSA) is 114 Å². The highest BCUT2D eigenvalue weighted by Crippen LogP contribution is 2.36. The molecule has 1 aliphatic heterocycles. The molecule has 1 amide bonds. The van der Waals surface area contributed by atoms with E-state index < -0.39 is 47.4 Å². The zero-order chi connectivity index (χ0) is 26.8. The highest BCUT2D eigenvalue weighted by atomic mass is 32.2. The first-order chi connectivity index (χ1) is 17.4. The molecule has 0 saturated carbocycles. The molecule has 3 aromatic rings. The Morgan fingerprint density at radius 3 is 2.19 bits per heavy atom. The van der Waals surface area contributed by atoms with Gasteiger partial charge in [0.1, 0.15) is 0 Å². The lowest BCUT2D eigenvalue weighted by molar-refractivity contribution is -0.139. The van der Waals surface area contributed by atoms with Crippen LogP contribution in [0.15, 0.2) is 87.7 Å². The number of pyridine rings is 1. The monoisotopic (exact) mass is 553 g/mol. The van der Waals surface area contributed by atoms with Gasteiger partial charge in [-0.25, -0.2) is 21.6 Å². The maximum Gasteiger partial charge on any atom is 0.417 e. The van der Waals surface area contributed by atoms with Crippen LogP contribution in [0.5, 0.6) is 0 Å². The van der Waals surface area contributed by atoms with Crippen LogP contribution in [0.25, 0.3) is 0 Å². The molecule has 8 nitrogen and oxygen atoms in total. The number of sulfonamides is 1. The standard InChI is InChI=1S/C24H22F3N3O5S2/c25-24(26,27)21-9-8-20(36(32,33)19-6-2-1-3-7-19)15-22(21)37(34,35)29-18-10-13-30(14-11-18)23(31)17-5-4-12-28-16-17/h1-9,12,15-16,18,29H,10-11,13-14H2. The summed E-state index contributed by atoms with van der Waals surface area (Å²) in [7, 11) is -9.05. The number of likely N-dealkylation sites (tertiary alicyclic amines) is 1. The van der Waals surface area contributed by atoms with Gasteiger partial charge in [-0.2, -0.15) is 13.2 Å². The molecular formula is C24H22F3N3O5S2. The van der Waals surface area contributed by atoms with E-state index in [4.69, 9.17) is 0 Å². The van der Waals surface area contributed by atoms with Crippen LogP contribution in [-0.4, -0.2) is 51.8 Å². The molecule has 1 aliphatic rings. The molecule has 1 saturated heterocycles. The predicted molar refractivity (Wildman–Crippen MR) is 127 cm³/mol. The number of carbonyl (C=O) groups excluding carboxylic acids is 1. The number of halogens is 3. The second-order valence-corrected chi connectivity index (χ2v) is 12.0. The number of amides is 1. The summed E-state index contributed by atoms with van der Waals surface area (Å²) in [5, 5.41) is 0. The average Bonchev–Trinajstić information content (AvgIpc) is 2.88. The Hall–Kier alpha value is -3.29. The molecule has 196 valence electrons. The minimum atomic E-state index is -5.04. The molecule has 2 heterocycles. The van der Waals surface area contributed by atoms with Gasteiger partial charge < -0.3 is 4.90 Å². The Morgan fingerprint density at radius 2 is 1.59 bits per heavy atom. The lowest BCUT2D eigenvalue weighted by atomic mass is 10.1. The third kappa shape index (κ3) is 5.84. The fraction of sp³-hybridized carbons (Fsp3) is 0.250. The van der Waals surface area contributed by atoms with Gasteiger partial charge in [0.15, 0.2) is 0 Å². The molecule has 1 fully saturated rings. The summed E-state index contributed by atoms with van der Waals surface area (Å²) in [6.45, 7) is 0.352. The third-order valence-corrected chi connectivity index (χ3v) is 9.25. The maximum absolute atomic E-state index is 13.7. The van der Waals surface area contributed by atoms with Crippen molar-refractivity contribution in [1.82, 2.24) is 14.6 Å². The number of aromatic nitrogens is 1. The Balaban J connectivity index is 1.58. The number of rotatable bonds is 6. The molecule has 37 heavy (non-hydrogen) atoms. The Bertz CT molecular complexity index is 1490. The van der Waals surface area contributed by atoms with Crippen molar-refractivity contribution in [2.24, 2.45) is 0 Å². The summed E-state index contributed by atoms with van der Waals surface area (Å²) >= 11 is 0. The minimum absolute atomic E-state index is 0.161. The summed E-state index contributed by atoms with van der Waals surface area (Å²) < 4.78 is 95.6. The molecule has 0 bridgehead atoms. The molecule has 2 aromatic carbocycles. The van der Waals surface area contributed by atoms with Gasteiger partial charge >= 0.3 is 6.18 Å². The van der Waals surface area contributed by atoms with Gasteiger partial charge in [-0.3, -0.25) is 9.78 Å². The first kappa shape index (κ1) is 26.8. The first-order valence-electron chi connectivity index (χ1n) is 11.1. The molecule has 0 unspecified atom stereocenters. The van der Waals surface area contributed by atoms with Gasteiger partial charge in [0.25, 0.3) is 5.91 Å². The minimum Gasteiger partial charge on any atom is -0.338 e. The zero-order valence-corrected chi connectivity index (χ0v) is 20.9. The van der Waals surface area contributed by atoms with E-state index in [2.05, 4.69) is 9.71 Å². The summed E-state index contributed by atoms with van der Waals surface area (Å²) in [6, 6.07) is 11.2. The van der Waals surface area contributed by atoms with Crippen molar-refractivity contribution < 1.29 is 34.8 Å². The van der Waals surface area contributed by atoms with Crippen LogP contribution in [0.3, 0.4) is 0 Å². The number of carbonyl (C=O) groups is 1. The smallest absolute Gasteiger partial charge is 0.338 e. The average molecular weight is 554 g/mol. The number of benzene rings is 2. The molecule has 0 radical (unpaired) electrons. The quantitative estimate of drug-likeness (QED) is 0.500. The number of nitrogens with one attached hydrogen (secondary N) is 1. The van der Waals surface area contributed by atoms with Crippen molar-refractivity contribution in [1.29, 1.82) is 0 Å². The number of piperidine rings is 1. The number of hydrogen-bond acceptors (Lipinski definition) is 6. The third-order valence-electron chi connectivity index (χ3n) is 5.92. The van der Waals surface area contributed by atoms with Crippen LogP contribution in [-0.2, 0) is 26.0 Å². The summed E-state index contributed by atoms with van der Waals surface area (Å²) in [5.74, 6) is -0.285. The van der Waals surface area contributed by atoms with Crippen molar-refractivity contribution in [3.05, 3.63) is 84.2 Å². The Kier molecular flexibility index (Phi) is 7.40. The van der Waals surface area contributed by atoms with Gasteiger partial charge in [-0.1, -0.05) is 18.2 Å². The van der Waals surface area contributed by atoms with Crippen molar-refractivity contribution in [3.63, 3.8) is 0 Å². The van der Waals surface area contributed by atoms with E-state index in [1.54, 1.807) is 18.2 Å². The van der Waals surface area contributed by atoms with Crippen molar-refractivity contribution in [3.8, 4) is 0 Å². The number of nitrogens with zero attached hydrogens (tertiary/aromatic N) is 2. The molecule has 1 aromatic heterocycles. The summed E-state index contributed by atoms with van der Waals surface area (Å²) in [5.41, 5.74) is -1.11. The molecule has 13 heteroatoms. The van der Waals surface area contributed by atoms with Crippen LogP contribution in [0, 0.1) is 0 Å². The molecule has 0 atom stereocenters. The van der Waals surface area contributed by atoms with E-state index in [0.29, 0.717) is 17.7 Å². The van der Waals surface area contributed by atoms with Gasteiger partial charge in [0.2, 0.25) is 19.9 Å². The van der Waals surface area contributed by atoms with E-state index in [9.17, 15) is 34.8 Å². The Morgan fingerprint density at radius 1 is 0.919 bits per heavy atom. The second kappa shape index (κ2) is 10.2. The first-order valence-corrected chi connectivity index (χ1v) is 14.1. The van der Waals surface area contributed by atoms with E-state index in [-0.39, 0.29) is 36.7 Å².